The van der Waals surface area contributed by atoms with Gasteiger partial charge in [-0.05, 0) is 27.6 Å². The molecule has 2 aromatic heterocycles. The van der Waals surface area contributed by atoms with Gasteiger partial charge in [-0.1, -0.05) is 18.2 Å². The molecule has 6 nitrogen and oxygen atoms in total. The lowest BCUT2D eigenvalue weighted by molar-refractivity contribution is 0.774. The molecule has 0 radical (unpaired) electrons. The van der Waals surface area contributed by atoms with Crippen LogP contribution in [-0.4, -0.2) is 39.9 Å². The van der Waals surface area contributed by atoms with E-state index in [0.29, 0.717) is 0 Å². The number of rotatable bonds is 1. The summed E-state index contributed by atoms with van der Waals surface area (Å²) in [7, 11) is 4.03. The molecule has 3 heterocycles. The molecule has 1 aliphatic heterocycles. The number of hydrogen-bond acceptors (Lipinski definition) is 5. The van der Waals surface area contributed by atoms with E-state index >= 15 is 0 Å². The second-order valence-corrected chi connectivity index (χ2v) is 6.53. The maximum absolute atomic E-state index is 4.56. The number of hydrogen-bond donors (Lipinski definition) is 0. The molecule has 118 valence electrons. The van der Waals surface area contributed by atoms with Crippen LogP contribution in [0.3, 0.4) is 0 Å². The summed E-state index contributed by atoms with van der Waals surface area (Å²) >= 11 is 3.55. The van der Waals surface area contributed by atoms with Crippen LogP contribution in [0.5, 0.6) is 0 Å². The molecule has 0 aliphatic carbocycles. The number of fused-ring (bicyclic) bond motifs is 2. The Balaban J connectivity index is 1.83. The Hall–Kier alpha value is -2.15. The molecule has 0 fully saturated rings. The van der Waals surface area contributed by atoms with E-state index in [1.54, 1.807) is 11.0 Å². The molecule has 1 aliphatic rings. The molecule has 23 heavy (non-hydrogen) atoms. The fraction of sp³-hybridized carbons (Fsp3) is 0.312. The fourth-order valence-electron chi connectivity index (χ4n) is 3.14. The van der Waals surface area contributed by atoms with E-state index < -0.39 is 0 Å². The van der Waals surface area contributed by atoms with Crippen molar-refractivity contribution in [1.29, 1.82) is 0 Å². The lowest BCUT2D eigenvalue weighted by Gasteiger charge is -2.22. The predicted molar refractivity (Wildman–Crippen MR) is 94.8 cm³/mol. The third-order valence-electron chi connectivity index (χ3n) is 4.33. The van der Waals surface area contributed by atoms with Crippen molar-refractivity contribution < 1.29 is 0 Å². The van der Waals surface area contributed by atoms with Crippen molar-refractivity contribution in [2.75, 3.05) is 29.9 Å². The monoisotopic (exact) mass is 372 g/mol. The number of aromatic nitrogens is 4. The predicted octanol–water partition coefficient (Wildman–Crippen LogP) is 2.58. The molecule has 4 rings (SSSR count). The summed E-state index contributed by atoms with van der Waals surface area (Å²) in [5.41, 5.74) is 3.43. The van der Waals surface area contributed by atoms with Crippen molar-refractivity contribution in [3.8, 4) is 0 Å². The number of benzene rings is 1. The first-order valence-corrected chi connectivity index (χ1v) is 8.31. The zero-order valence-electron chi connectivity index (χ0n) is 13.1. The van der Waals surface area contributed by atoms with Crippen molar-refractivity contribution in [2.24, 2.45) is 7.05 Å². The standard InChI is InChI=1S/C16H17BrN6/c1-21-7-8-23(9-11-5-3-4-6-12(11)21)16-13-14(17)20-22(2)15(13)18-10-19-16/h3-6,10H,7-9H2,1-2H3. The highest BCUT2D eigenvalue weighted by atomic mass is 79.9. The molecule has 7 heteroatoms. The third-order valence-corrected chi connectivity index (χ3v) is 4.88. The number of nitrogens with zero attached hydrogens (tertiary/aromatic N) is 6. The minimum absolute atomic E-state index is 0.788. The summed E-state index contributed by atoms with van der Waals surface area (Å²) < 4.78 is 2.57. The van der Waals surface area contributed by atoms with Gasteiger partial charge in [0.15, 0.2) is 5.65 Å². The third kappa shape index (κ3) is 2.35. The maximum atomic E-state index is 4.56. The van der Waals surface area contributed by atoms with E-state index in [4.69, 9.17) is 0 Å². The zero-order valence-corrected chi connectivity index (χ0v) is 14.7. The van der Waals surface area contributed by atoms with Gasteiger partial charge in [0.25, 0.3) is 0 Å². The van der Waals surface area contributed by atoms with E-state index in [1.807, 2.05) is 7.05 Å². The van der Waals surface area contributed by atoms with Crippen LogP contribution in [0.1, 0.15) is 5.56 Å². The zero-order chi connectivity index (χ0) is 16.0. The van der Waals surface area contributed by atoms with Gasteiger partial charge in [0.2, 0.25) is 0 Å². The summed E-state index contributed by atoms with van der Waals surface area (Å²) in [5, 5.41) is 5.39. The summed E-state index contributed by atoms with van der Waals surface area (Å²) in [4.78, 5) is 13.5. The van der Waals surface area contributed by atoms with Gasteiger partial charge in [0, 0.05) is 39.4 Å². The molecule has 1 aromatic carbocycles. The molecule has 0 saturated heterocycles. The number of para-hydroxylation sites is 1. The van der Waals surface area contributed by atoms with E-state index in [0.717, 1.165) is 41.1 Å². The van der Waals surface area contributed by atoms with Crippen molar-refractivity contribution in [2.45, 2.75) is 6.54 Å². The van der Waals surface area contributed by atoms with E-state index in [9.17, 15) is 0 Å². The maximum Gasteiger partial charge on any atom is 0.164 e. The topological polar surface area (TPSA) is 50.1 Å². The molecular formula is C16H17BrN6. The molecule has 0 atom stereocenters. The minimum Gasteiger partial charge on any atom is -0.373 e. The Labute approximate surface area is 142 Å². The van der Waals surface area contributed by atoms with Crippen LogP contribution < -0.4 is 9.80 Å². The van der Waals surface area contributed by atoms with Crippen LogP contribution in [0.15, 0.2) is 35.2 Å². The highest BCUT2D eigenvalue weighted by Crippen LogP contribution is 2.32. The summed E-state index contributed by atoms with van der Waals surface area (Å²) in [5.74, 6) is 0.931. The van der Waals surface area contributed by atoms with Crippen molar-refractivity contribution in [3.05, 3.63) is 40.8 Å². The van der Waals surface area contributed by atoms with Crippen molar-refractivity contribution in [1.82, 2.24) is 19.7 Å². The first-order valence-electron chi connectivity index (χ1n) is 7.52. The SMILES string of the molecule is CN1CCN(c2ncnc3c2c(Br)nn3C)Cc2ccccc21. The Bertz CT molecular complexity index is 874. The number of likely N-dealkylation sites (N-methyl/N-ethyl adjacent to an activating group) is 1. The van der Waals surface area contributed by atoms with Crippen molar-refractivity contribution >= 4 is 38.5 Å². The molecule has 0 amide bonds. The smallest absolute Gasteiger partial charge is 0.164 e. The molecule has 0 bridgehead atoms. The van der Waals surface area contributed by atoms with Gasteiger partial charge in [-0.15, -0.1) is 0 Å². The highest BCUT2D eigenvalue weighted by molar-refractivity contribution is 9.10. The first-order chi connectivity index (χ1) is 11.1. The average Bonchev–Trinajstić information content (AvgIpc) is 2.76. The van der Waals surface area contributed by atoms with Crippen LogP contribution in [0.4, 0.5) is 11.5 Å². The van der Waals surface area contributed by atoms with E-state index in [2.05, 4.69) is 72.1 Å². The molecule has 3 aromatic rings. The number of anilines is 2. The molecule has 0 spiro atoms. The van der Waals surface area contributed by atoms with Crippen LogP contribution in [-0.2, 0) is 13.6 Å². The average molecular weight is 373 g/mol. The van der Waals surface area contributed by atoms with Crippen LogP contribution >= 0.6 is 15.9 Å². The first kappa shape index (κ1) is 14.4. The van der Waals surface area contributed by atoms with Gasteiger partial charge in [0.1, 0.15) is 16.7 Å². The Morgan fingerprint density at radius 3 is 2.78 bits per heavy atom. The van der Waals surface area contributed by atoms with Gasteiger partial charge in [-0.2, -0.15) is 5.10 Å². The van der Waals surface area contributed by atoms with E-state index in [1.165, 1.54) is 11.3 Å². The lowest BCUT2D eigenvalue weighted by Crippen LogP contribution is -2.29. The Kier molecular flexibility index (Phi) is 3.45. The summed E-state index contributed by atoms with van der Waals surface area (Å²) in [6.45, 7) is 2.67. The number of aryl methyl sites for hydroxylation is 1. The normalized spacial score (nSPS) is 14.9. The fourth-order valence-corrected chi connectivity index (χ4v) is 3.73. The van der Waals surface area contributed by atoms with Gasteiger partial charge < -0.3 is 9.80 Å². The Morgan fingerprint density at radius 2 is 1.91 bits per heavy atom. The molecular weight excluding hydrogens is 356 g/mol. The highest BCUT2D eigenvalue weighted by Gasteiger charge is 2.22. The number of halogens is 1. The van der Waals surface area contributed by atoms with Crippen LogP contribution in [0.25, 0.3) is 11.0 Å². The quantitative estimate of drug-likeness (QED) is 0.656. The second-order valence-electron chi connectivity index (χ2n) is 5.78. The lowest BCUT2D eigenvalue weighted by atomic mass is 10.1. The van der Waals surface area contributed by atoms with Gasteiger partial charge >= 0.3 is 0 Å². The molecule has 0 N–H and O–H groups in total. The largest absolute Gasteiger partial charge is 0.373 e. The van der Waals surface area contributed by atoms with Gasteiger partial charge in [-0.3, -0.25) is 0 Å². The molecule has 0 saturated carbocycles. The van der Waals surface area contributed by atoms with Crippen LogP contribution in [0.2, 0.25) is 0 Å². The minimum atomic E-state index is 0.788. The summed E-state index contributed by atoms with van der Waals surface area (Å²) in [6.07, 6.45) is 1.62. The van der Waals surface area contributed by atoms with E-state index in [-0.39, 0.29) is 0 Å². The molecule has 0 unspecified atom stereocenters. The Morgan fingerprint density at radius 1 is 1.09 bits per heavy atom. The second kappa shape index (κ2) is 5.49. The summed E-state index contributed by atoms with van der Waals surface area (Å²) in [6, 6.07) is 8.53. The van der Waals surface area contributed by atoms with Crippen molar-refractivity contribution in [3.63, 3.8) is 0 Å². The van der Waals surface area contributed by atoms with Gasteiger partial charge in [0.05, 0.1) is 5.39 Å². The van der Waals surface area contributed by atoms with Crippen LogP contribution in [0, 0.1) is 0 Å². The van der Waals surface area contributed by atoms with Gasteiger partial charge in [-0.25, -0.2) is 14.6 Å².